The second kappa shape index (κ2) is 9.54. The number of nitrogens with one attached hydrogen (secondary N) is 1. The normalized spacial score (nSPS) is 11.0. The van der Waals surface area contributed by atoms with Crippen LogP contribution in [0.4, 0.5) is 25.0 Å². The zero-order valence-corrected chi connectivity index (χ0v) is 17.8. The second-order valence-electron chi connectivity index (χ2n) is 7.04. The van der Waals surface area contributed by atoms with Gasteiger partial charge in [0.05, 0.1) is 30.6 Å². The number of anilines is 2. The van der Waals surface area contributed by atoms with Gasteiger partial charge in [-0.3, -0.25) is 5.32 Å². The molecule has 4 aromatic rings. The monoisotopic (exact) mass is 466 g/mol. The van der Waals surface area contributed by atoms with Crippen molar-refractivity contribution in [2.24, 2.45) is 0 Å². The van der Waals surface area contributed by atoms with Gasteiger partial charge in [-0.05, 0) is 29.8 Å². The molecule has 7 nitrogen and oxygen atoms in total. The number of rotatable bonds is 7. The molecule has 4 rings (SSSR count). The average Bonchev–Trinajstić information content (AvgIpc) is 3.31. The van der Waals surface area contributed by atoms with Crippen LogP contribution in [0.25, 0.3) is 11.3 Å². The molecule has 0 aliphatic carbocycles. The van der Waals surface area contributed by atoms with E-state index in [9.17, 15) is 18.4 Å². The fraction of sp³-hybridized carbons (Fsp3) is 0.125. The second-order valence-corrected chi connectivity index (χ2v) is 7.04. The number of hydrogen-bond donors (Lipinski definition) is 1. The number of nitriles is 1. The first-order chi connectivity index (χ1) is 16.4. The van der Waals surface area contributed by atoms with Crippen molar-refractivity contribution in [1.29, 1.82) is 5.26 Å². The highest BCUT2D eigenvalue weighted by Gasteiger charge is 2.30. The molecule has 34 heavy (non-hydrogen) atoms. The maximum atomic E-state index is 12.7. The van der Waals surface area contributed by atoms with Crippen LogP contribution in [0.2, 0.25) is 0 Å². The van der Waals surface area contributed by atoms with Gasteiger partial charge in [-0.2, -0.15) is 18.4 Å². The van der Waals surface area contributed by atoms with Crippen LogP contribution >= 0.6 is 0 Å². The van der Waals surface area contributed by atoms with Crippen LogP contribution in [0.3, 0.4) is 0 Å². The Morgan fingerprint density at radius 2 is 1.76 bits per heavy atom. The molecule has 0 spiro atoms. The standard InChI is InChI=1S/C24H17F3N4O3/c1-32-19-8-2-15(3-9-19)14-33-20-12-29-22(10-17(20)11-28)31-23-30-13-21(34-23)16-4-6-18(7-5-16)24(25,26)27/h2-10,12-13H,14H2,1H3,(H,29,30,31). The maximum absolute atomic E-state index is 12.7. The molecule has 2 aromatic carbocycles. The molecule has 0 atom stereocenters. The maximum Gasteiger partial charge on any atom is 0.416 e. The summed E-state index contributed by atoms with van der Waals surface area (Å²) in [6.45, 7) is 0.239. The lowest BCUT2D eigenvalue weighted by Crippen LogP contribution is -2.03. The molecule has 0 saturated heterocycles. The van der Waals surface area contributed by atoms with Crippen molar-refractivity contribution in [3.05, 3.63) is 83.7 Å². The number of oxazole rings is 1. The van der Waals surface area contributed by atoms with Crippen molar-refractivity contribution < 1.29 is 27.1 Å². The Kier molecular flexibility index (Phi) is 6.36. The first-order valence-electron chi connectivity index (χ1n) is 9.92. The number of halogens is 3. The van der Waals surface area contributed by atoms with E-state index in [0.717, 1.165) is 23.4 Å². The molecule has 0 bridgehead atoms. The topological polar surface area (TPSA) is 93.2 Å². The highest BCUT2D eigenvalue weighted by atomic mass is 19.4. The lowest BCUT2D eigenvalue weighted by Gasteiger charge is -2.09. The Bertz CT molecular complexity index is 1310. The van der Waals surface area contributed by atoms with Crippen LogP contribution < -0.4 is 14.8 Å². The van der Waals surface area contributed by atoms with Crippen molar-refractivity contribution >= 4 is 11.8 Å². The van der Waals surface area contributed by atoms with Gasteiger partial charge >= 0.3 is 12.2 Å². The summed E-state index contributed by atoms with van der Waals surface area (Å²) < 4.78 is 54.6. The van der Waals surface area contributed by atoms with Crippen molar-refractivity contribution in [3.63, 3.8) is 0 Å². The van der Waals surface area contributed by atoms with E-state index >= 15 is 0 Å². The van der Waals surface area contributed by atoms with E-state index < -0.39 is 11.7 Å². The smallest absolute Gasteiger partial charge is 0.416 e. The summed E-state index contributed by atoms with van der Waals surface area (Å²) in [5.74, 6) is 1.60. The molecule has 0 aliphatic heterocycles. The fourth-order valence-electron chi connectivity index (χ4n) is 2.99. The molecule has 0 saturated carbocycles. The largest absolute Gasteiger partial charge is 0.497 e. The van der Waals surface area contributed by atoms with Crippen LogP contribution in [0.15, 0.2) is 71.4 Å². The molecular weight excluding hydrogens is 449 g/mol. The molecule has 0 unspecified atom stereocenters. The Balaban J connectivity index is 1.43. The number of nitrogens with zero attached hydrogens (tertiary/aromatic N) is 3. The number of alkyl halides is 3. The molecule has 0 aliphatic rings. The quantitative estimate of drug-likeness (QED) is 0.359. The first-order valence-corrected chi connectivity index (χ1v) is 9.92. The molecule has 172 valence electrons. The van der Waals surface area contributed by atoms with Gasteiger partial charge in [0.1, 0.15) is 24.2 Å². The van der Waals surface area contributed by atoms with Crippen LogP contribution in [-0.4, -0.2) is 17.1 Å². The molecule has 0 radical (unpaired) electrons. The Hall–Kier alpha value is -4.52. The number of methoxy groups -OCH3 is 1. The summed E-state index contributed by atoms with van der Waals surface area (Å²) in [4.78, 5) is 8.27. The predicted molar refractivity (Wildman–Crippen MR) is 117 cm³/mol. The average molecular weight is 466 g/mol. The van der Waals surface area contributed by atoms with Gasteiger partial charge in [0.25, 0.3) is 0 Å². The van der Waals surface area contributed by atoms with Gasteiger partial charge in [-0.25, -0.2) is 9.97 Å². The molecule has 2 aromatic heterocycles. The molecule has 2 heterocycles. The molecule has 10 heteroatoms. The van der Waals surface area contributed by atoms with Crippen LogP contribution in [-0.2, 0) is 12.8 Å². The van der Waals surface area contributed by atoms with Crippen LogP contribution in [0.5, 0.6) is 11.5 Å². The number of aromatic nitrogens is 2. The van der Waals surface area contributed by atoms with Gasteiger partial charge in [0.15, 0.2) is 11.5 Å². The fourth-order valence-corrected chi connectivity index (χ4v) is 2.99. The van der Waals surface area contributed by atoms with Crippen molar-refractivity contribution in [2.45, 2.75) is 12.8 Å². The number of benzene rings is 2. The van der Waals surface area contributed by atoms with E-state index in [0.29, 0.717) is 11.3 Å². The molecule has 0 amide bonds. The third kappa shape index (κ3) is 5.27. The lowest BCUT2D eigenvalue weighted by atomic mass is 10.1. The SMILES string of the molecule is COc1ccc(COc2cnc(Nc3ncc(-c4ccc(C(F)(F)F)cc4)o3)cc2C#N)cc1. The van der Waals surface area contributed by atoms with E-state index in [4.69, 9.17) is 13.9 Å². The first kappa shape index (κ1) is 22.7. The van der Waals surface area contributed by atoms with Gasteiger partial charge in [-0.15, -0.1) is 0 Å². The van der Waals surface area contributed by atoms with E-state index in [-0.39, 0.29) is 29.8 Å². The Morgan fingerprint density at radius 1 is 1.03 bits per heavy atom. The summed E-state index contributed by atoms with van der Waals surface area (Å²) in [6, 6.07) is 15.5. The number of pyridine rings is 1. The zero-order chi connectivity index (χ0) is 24.1. The third-order valence-corrected chi connectivity index (χ3v) is 4.78. The van der Waals surface area contributed by atoms with Gasteiger partial charge in [0, 0.05) is 11.6 Å². The summed E-state index contributed by atoms with van der Waals surface area (Å²) in [5.41, 5.74) is 0.821. The molecular formula is C24H17F3N4O3. The number of hydrogen-bond acceptors (Lipinski definition) is 7. The van der Waals surface area contributed by atoms with Crippen molar-refractivity contribution in [2.75, 3.05) is 12.4 Å². The van der Waals surface area contributed by atoms with Gasteiger partial charge in [0.2, 0.25) is 0 Å². The predicted octanol–water partition coefficient (Wildman–Crippen LogP) is 5.96. The summed E-state index contributed by atoms with van der Waals surface area (Å²) in [7, 11) is 1.58. The van der Waals surface area contributed by atoms with Gasteiger partial charge in [-0.1, -0.05) is 24.3 Å². The van der Waals surface area contributed by atoms with Crippen LogP contribution in [0.1, 0.15) is 16.7 Å². The van der Waals surface area contributed by atoms with Gasteiger partial charge < -0.3 is 13.9 Å². The minimum atomic E-state index is -4.42. The van der Waals surface area contributed by atoms with Crippen molar-refractivity contribution in [3.8, 4) is 28.9 Å². The van der Waals surface area contributed by atoms with E-state index in [1.165, 1.54) is 30.6 Å². The highest BCUT2D eigenvalue weighted by Crippen LogP contribution is 2.32. The summed E-state index contributed by atoms with van der Waals surface area (Å²) >= 11 is 0. The van der Waals surface area contributed by atoms with E-state index in [1.807, 2.05) is 24.3 Å². The molecule has 0 fully saturated rings. The van der Waals surface area contributed by atoms with E-state index in [1.54, 1.807) is 7.11 Å². The summed E-state index contributed by atoms with van der Waals surface area (Å²) in [6.07, 6.45) is -1.63. The third-order valence-electron chi connectivity index (χ3n) is 4.78. The molecule has 1 N–H and O–H groups in total. The number of ether oxygens (including phenoxy) is 2. The summed E-state index contributed by atoms with van der Waals surface area (Å²) in [5, 5.41) is 12.3. The Labute approximate surface area is 192 Å². The zero-order valence-electron chi connectivity index (χ0n) is 17.8. The highest BCUT2D eigenvalue weighted by molar-refractivity contribution is 5.60. The van der Waals surface area contributed by atoms with E-state index in [2.05, 4.69) is 21.4 Å². The van der Waals surface area contributed by atoms with Crippen molar-refractivity contribution in [1.82, 2.24) is 9.97 Å². The minimum absolute atomic E-state index is 0.0678. The Morgan fingerprint density at radius 3 is 2.41 bits per heavy atom. The minimum Gasteiger partial charge on any atom is -0.497 e. The van der Waals surface area contributed by atoms with Crippen LogP contribution in [0, 0.1) is 11.3 Å². The lowest BCUT2D eigenvalue weighted by molar-refractivity contribution is -0.137.